The average Bonchev–Trinajstić information content (AvgIpc) is 3.42. The van der Waals surface area contributed by atoms with Gasteiger partial charge in [-0.05, 0) is 18.4 Å². The van der Waals surface area contributed by atoms with Crippen LogP contribution in [-0.2, 0) is 4.74 Å². The first-order valence-corrected chi connectivity index (χ1v) is 13.2. The van der Waals surface area contributed by atoms with E-state index in [1.807, 2.05) is 6.07 Å². The van der Waals surface area contributed by atoms with Crippen LogP contribution >= 0.6 is 11.8 Å². The van der Waals surface area contributed by atoms with E-state index in [2.05, 4.69) is 46.8 Å². The van der Waals surface area contributed by atoms with Crippen LogP contribution in [0, 0.1) is 0 Å². The predicted molar refractivity (Wildman–Crippen MR) is 132 cm³/mol. The molecule has 5 rings (SSSR count). The molecular formula is C24H32N6O4S. The van der Waals surface area contributed by atoms with Gasteiger partial charge in [-0.2, -0.15) is 0 Å². The van der Waals surface area contributed by atoms with Crippen LogP contribution in [0.5, 0.6) is 0 Å². The highest BCUT2D eigenvalue weighted by Gasteiger charge is 2.45. The number of fused-ring (bicyclic) bond motifs is 1. The first kappa shape index (κ1) is 24.4. The summed E-state index contributed by atoms with van der Waals surface area (Å²) in [5.74, 6) is 1.97. The van der Waals surface area contributed by atoms with Crippen molar-refractivity contribution in [2.24, 2.45) is 0 Å². The van der Waals surface area contributed by atoms with E-state index in [-0.39, 0.29) is 19.3 Å². The first-order chi connectivity index (χ1) is 17.1. The molecule has 0 bridgehead atoms. The minimum absolute atomic E-state index is 0.0949. The maximum absolute atomic E-state index is 10.7. The normalized spacial score (nSPS) is 28.0. The molecule has 0 spiro atoms. The SMILES string of the molecule is CCCCSc1nc(NC2CC2c2ccccc2)c2nnn(C3C[C@@H](OCCO)[C@H](O)[C@@H]3O)c2n1. The van der Waals surface area contributed by atoms with Gasteiger partial charge in [0.25, 0.3) is 0 Å². The number of hydrogen-bond donors (Lipinski definition) is 4. The summed E-state index contributed by atoms with van der Waals surface area (Å²) in [5, 5.41) is 43.2. The number of rotatable bonds is 11. The number of aliphatic hydroxyl groups is 3. The lowest BCUT2D eigenvalue weighted by Crippen LogP contribution is -2.33. The summed E-state index contributed by atoms with van der Waals surface area (Å²) in [7, 11) is 0. The molecule has 2 saturated carbocycles. The Kier molecular flexibility index (Phi) is 7.49. The molecule has 2 fully saturated rings. The Morgan fingerprint density at radius 1 is 1.14 bits per heavy atom. The smallest absolute Gasteiger partial charge is 0.191 e. The van der Waals surface area contributed by atoms with E-state index in [0.717, 1.165) is 25.0 Å². The number of anilines is 1. The van der Waals surface area contributed by atoms with Crippen molar-refractivity contribution in [1.29, 1.82) is 0 Å². The number of hydrogen-bond acceptors (Lipinski definition) is 10. The van der Waals surface area contributed by atoms with Gasteiger partial charge in [0.15, 0.2) is 22.1 Å². The molecular weight excluding hydrogens is 468 g/mol. The molecule has 2 aromatic heterocycles. The topological polar surface area (TPSA) is 138 Å². The van der Waals surface area contributed by atoms with Gasteiger partial charge in [-0.3, -0.25) is 0 Å². The highest BCUT2D eigenvalue weighted by atomic mass is 32.2. The number of benzene rings is 1. The first-order valence-electron chi connectivity index (χ1n) is 12.3. The van der Waals surface area contributed by atoms with Crippen molar-refractivity contribution < 1.29 is 20.1 Å². The van der Waals surface area contributed by atoms with Crippen LogP contribution in [-0.4, -0.2) is 83.6 Å². The summed E-state index contributed by atoms with van der Waals surface area (Å²) in [6.45, 7) is 2.09. The van der Waals surface area contributed by atoms with E-state index in [9.17, 15) is 10.2 Å². The molecule has 0 radical (unpaired) electrons. The van der Waals surface area contributed by atoms with E-state index in [1.54, 1.807) is 16.4 Å². The molecule has 1 aromatic carbocycles. The third-order valence-corrected chi connectivity index (χ3v) is 7.64. The molecule has 3 aromatic rings. The Morgan fingerprint density at radius 2 is 1.97 bits per heavy atom. The standard InChI is InChI=1S/C24H32N6O4S/c1-2-3-11-35-24-26-22(25-16-12-15(16)14-7-5-4-6-8-14)19-23(27-24)30(29-28-19)17-13-18(34-10-9-31)21(33)20(17)32/h4-8,15-18,20-21,31-33H,2-3,9-13H2,1H3,(H,25,26,27)/t15?,16?,17?,18-,20-,21+/m1/s1. The van der Waals surface area contributed by atoms with Gasteiger partial charge in [-0.15, -0.1) is 5.10 Å². The van der Waals surface area contributed by atoms with Crippen molar-refractivity contribution >= 4 is 28.7 Å². The molecule has 11 heteroatoms. The molecule has 2 aliphatic carbocycles. The quantitative estimate of drug-likeness (QED) is 0.176. The van der Waals surface area contributed by atoms with Crippen molar-refractivity contribution in [2.45, 2.75) is 74.1 Å². The lowest BCUT2D eigenvalue weighted by molar-refractivity contribution is -0.0629. The summed E-state index contributed by atoms with van der Waals surface area (Å²) in [6, 6.07) is 10.1. The Hall–Kier alpha value is -2.31. The van der Waals surface area contributed by atoms with Crippen molar-refractivity contribution in [3.8, 4) is 0 Å². The monoisotopic (exact) mass is 500 g/mol. The van der Waals surface area contributed by atoms with Crippen LogP contribution < -0.4 is 5.32 Å². The number of nitrogens with one attached hydrogen (secondary N) is 1. The van der Waals surface area contributed by atoms with Gasteiger partial charge in [-0.25, -0.2) is 14.6 Å². The Labute approximate surface area is 208 Å². The fraction of sp³-hybridized carbons (Fsp3) is 0.583. The van der Waals surface area contributed by atoms with E-state index in [1.165, 1.54) is 5.56 Å². The molecule has 0 aliphatic heterocycles. The van der Waals surface area contributed by atoms with Crippen LogP contribution in [0.3, 0.4) is 0 Å². The van der Waals surface area contributed by atoms with Gasteiger partial charge >= 0.3 is 0 Å². The van der Waals surface area contributed by atoms with Crippen LogP contribution in [0.4, 0.5) is 5.82 Å². The zero-order valence-corrected chi connectivity index (χ0v) is 20.5. The number of nitrogens with zero attached hydrogens (tertiary/aromatic N) is 5. The number of ether oxygens (including phenoxy) is 1. The van der Waals surface area contributed by atoms with E-state index in [4.69, 9.17) is 19.8 Å². The number of aromatic nitrogens is 5. The van der Waals surface area contributed by atoms with E-state index < -0.39 is 24.4 Å². The molecule has 2 heterocycles. The molecule has 35 heavy (non-hydrogen) atoms. The van der Waals surface area contributed by atoms with Crippen LogP contribution in [0.2, 0.25) is 0 Å². The van der Waals surface area contributed by atoms with Gasteiger partial charge in [0, 0.05) is 24.1 Å². The molecule has 6 atom stereocenters. The second kappa shape index (κ2) is 10.8. The fourth-order valence-corrected chi connectivity index (χ4v) is 5.61. The largest absolute Gasteiger partial charge is 0.394 e. The predicted octanol–water partition coefficient (Wildman–Crippen LogP) is 2.13. The van der Waals surface area contributed by atoms with E-state index in [0.29, 0.717) is 34.5 Å². The third-order valence-electron chi connectivity index (χ3n) is 6.71. The summed E-state index contributed by atoms with van der Waals surface area (Å²) in [4.78, 5) is 9.51. The highest BCUT2D eigenvalue weighted by molar-refractivity contribution is 7.99. The minimum Gasteiger partial charge on any atom is -0.394 e. The summed E-state index contributed by atoms with van der Waals surface area (Å²) in [6.07, 6.45) is 0.727. The molecule has 2 aliphatic rings. The minimum atomic E-state index is -1.09. The van der Waals surface area contributed by atoms with Crippen LogP contribution in [0.1, 0.15) is 50.1 Å². The van der Waals surface area contributed by atoms with Crippen LogP contribution in [0.15, 0.2) is 35.5 Å². The lowest BCUT2D eigenvalue weighted by atomic mass is 10.1. The Bertz CT molecular complexity index is 1130. The number of thioether (sulfide) groups is 1. The highest BCUT2D eigenvalue weighted by Crippen LogP contribution is 2.43. The van der Waals surface area contributed by atoms with Crippen molar-refractivity contribution in [3.63, 3.8) is 0 Å². The third kappa shape index (κ3) is 5.14. The number of aliphatic hydroxyl groups excluding tert-OH is 3. The van der Waals surface area contributed by atoms with Crippen LogP contribution in [0.25, 0.3) is 11.2 Å². The lowest BCUT2D eigenvalue weighted by Gasteiger charge is -2.17. The summed E-state index contributed by atoms with van der Waals surface area (Å²) < 4.78 is 7.12. The second-order valence-corrected chi connectivity index (χ2v) is 10.2. The van der Waals surface area contributed by atoms with Crippen molar-refractivity contribution in [2.75, 3.05) is 24.3 Å². The van der Waals surface area contributed by atoms with Gasteiger partial charge < -0.3 is 25.4 Å². The Morgan fingerprint density at radius 3 is 2.74 bits per heavy atom. The van der Waals surface area contributed by atoms with Crippen molar-refractivity contribution in [3.05, 3.63) is 35.9 Å². The molecule has 0 amide bonds. The molecule has 0 saturated heterocycles. The maximum Gasteiger partial charge on any atom is 0.191 e. The number of unbranched alkanes of at least 4 members (excludes halogenated alkanes) is 1. The molecule has 3 unspecified atom stereocenters. The molecule has 4 N–H and O–H groups in total. The zero-order valence-electron chi connectivity index (χ0n) is 19.7. The van der Waals surface area contributed by atoms with Crippen molar-refractivity contribution in [1.82, 2.24) is 25.0 Å². The average molecular weight is 501 g/mol. The van der Waals surface area contributed by atoms with E-state index >= 15 is 0 Å². The summed E-state index contributed by atoms with van der Waals surface area (Å²) in [5.41, 5.74) is 2.37. The zero-order chi connectivity index (χ0) is 24.4. The molecule has 188 valence electrons. The van der Waals surface area contributed by atoms with Gasteiger partial charge in [0.1, 0.15) is 12.2 Å². The van der Waals surface area contributed by atoms with Gasteiger partial charge in [0.05, 0.1) is 25.4 Å². The maximum atomic E-state index is 10.7. The summed E-state index contributed by atoms with van der Waals surface area (Å²) >= 11 is 1.59. The van der Waals surface area contributed by atoms with Gasteiger partial charge in [-0.1, -0.05) is 60.7 Å². The van der Waals surface area contributed by atoms with Gasteiger partial charge in [0.2, 0.25) is 0 Å². The molecule has 10 nitrogen and oxygen atoms in total. The Balaban J connectivity index is 1.43. The second-order valence-electron chi connectivity index (χ2n) is 9.18. The fourth-order valence-electron chi connectivity index (χ4n) is 4.68.